The Bertz CT molecular complexity index is 368. The maximum Gasteiger partial charge on any atom is 0.102 e. The molecule has 1 aliphatic heterocycles. The van der Waals surface area contributed by atoms with Gasteiger partial charge in [0.05, 0.1) is 23.7 Å². The summed E-state index contributed by atoms with van der Waals surface area (Å²) in [5, 5.41) is 9.42. The van der Waals surface area contributed by atoms with Crippen molar-refractivity contribution in [2.24, 2.45) is 0 Å². The minimum absolute atomic E-state index is 0.0893. The molecule has 1 fully saturated rings. The molecule has 1 aromatic heterocycles. The van der Waals surface area contributed by atoms with E-state index in [0.29, 0.717) is 5.69 Å². The lowest BCUT2D eigenvalue weighted by Crippen LogP contribution is -2.27. The molecular weight excluding hydrogens is 232 g/mol. The van der Waals surface area contributed by atoms with E-state index in [9.17, 15) is 5.11 Å². The van der Waals surface area contributed by atoms with Crippen LogP contribution < -0.4 is 4.90 Å². The second kappa shape index (κ2) is 5.65. The summed E-state index contributed by atoms with van der Waals surface area (Å²) in [6.07, 6.45) is 1.43. The lowest BCUT2D eigenvalue weighted by atomic mass is 10.2. The van der Waals surface area contributed by atoms with Crippen molar-refractivity contribution in [3.05, 3.63) is 24.0 Å². The maximum absolute atomic E-state index is 9.42. The molecule has 3 unspecified atom stereocenters. The second-order valence-corrected chi connectivity index (χ2v) is 4.57. The molecule has 0 saturated carbocycles. The number of aliphatic hydroxyl groups excluding tert-OH is 1. The monoisotopic (exact) mass is 252 g/mol. The Hall–Kier alpha value is -1.17. The molecule has 100 valence electrons. The Labute approximate surface area is 107 Å². The number of methoxy groups -OCH3 is 2. The van der Waals surface area contributed by atoms with Crippen LogP contribution in [0.2, 0.25) is 0 Å². The summed E-state index contributed by atoms with van der Waals surface area (Å²) in [6, 6.07) is 3.82. The first-order valence-electron chi connectivity index (χ1n) is 6.10. The van der Waals surface area contributed by atoms with E-state index in [-0.39, 0.29) is 12.2 Å². The Balaban J connectivity index is 2.08. The number of aromatic nitrogens is 1. The van der Waals surface area contributed by atoms with Crippen LogP contribution in [0, 0.1) is 0 Å². The van der Waals surface area contributed by atoms with Crippen molar-refractivity contribution >= 4 is 5.69 Å². The summed E-state index contributed by atoms with van der Waals surface area (Å²) in [6.45, 7) is 3.30. The van der Waals surface area contributed by atoms with E-state index in [0.717, 1.165) is 18.8 Å². The number of nitrogens with zero attached hydrogens (tertiary/aromatic N) is 2. The number of ether oxygens (including phenoxy) is 2. The lowest BCUT2D eigenvalue weighted by Gasteiger charge is -2.18. The molecule has 5 nitrogen and oxygen atoms in total. The summed E-state index contributed by atoms with van der Waals surface area (Å²) in [5.74, 6) is 0. The minimum Gasteiger partial charge on any atom is -0.387 e. The third-order valence-corrected chi connectivity index (χ3v) is 3.38. The van der Waals surface area contributed by atoms with Crippen LogP contribution in [0.4, 0.5) is 5.69 Å². The predicted molar refractivity (Wildman–Crippen MR) is 68.7 cm³/mol. The van der Waals surface area contributed by atoms with E-state index in [1.54, 1.807) is 27.3 Å². The van der Waals surface area contributed by atoms with Crippen LogP contribution in [0.1, 0.15) is 18.7 Å². The number of hydrogen-bond acceptors (Lipinski definition) is 5. The van der Waals surface area contributed by atoms with Crippen LogP contribution in [0.15, 0.2) is 18.3 Å². The van der Waals surface area contributed by atoms with Gasteiger partial charge >= 0.3 is 0 Å². The van der Waals surface area contributed by atoms with Crippen molar-refractivity contribution < 1.29 is 14.6 Å². The van der Waals surface area contributed by atoms with Crippen LogP contribution >= 0.6 is 0 Å². The van der Waals surface area contributed by atoms with Crippen molar-refractivity contribution in [3.63, 3.8) is 0 Å². The third kappa shape index (κ3) is 2.63. The molecular formula is C13H20N2O3. The Morgan fingerprint density at radius 1 is 1.28 bits per heavy atom. The minimum atomic E-state index is -0.531. The molecule has 2 heterocycles. The first-order valence-corrected chi connectivity index (χ1v) is 6.10. The van der Waals surface area contributed by atoms with Gasteiger partial charge in [0.25, 0.3) is 0 Å². The van der Waals surface area contributed by atoms with E-state index >= 15 is 0 Å². The fourth-order valence-corrected chi connectivity index (χ4v) is 2.24. The third-order valence-electron chi connectivity index (χ3n) is 3.38. The van der Waals surface area contributed by atoms with Crippen molar-refractivity contribution in [1.82, 2.24) is 4.98 Å². The first-order chi connectivity index (χ1) is 8.65. The molecule has 0 aliphatic carbocycles. The molecule has 5 heteroatoms. The average Bonchev–Trinajstić information content (AvgIpc) is 2.82. The standard InChI is InChI=1S/C13H20N2O3/c1-9(16)11-5-4-10(6-14-11)15-7-12(17-2)13(8-15)18-3/h4-6,9,12-13,16H,7-8H2,1-3H3. The molecule has 0 bridgehead atoms. The number of rotatable bonds is 4. The van der Waals surface area contributed by atoms with Crippen molar-refractivity contribution in [2.75, 3.05) is 32.2 Å². The first kappa shape index (κ1) is 13.3. The number of anilines is 1. The predicted octanol–water partition coefficient (Wildman–Crippen LogP) is 0.985. The largest absolute Gasteiger partial charge is 0.387 e. The topological polar surface area (TPSA) is 54.8 Å². The van der Waals surface area contributed by atoms with E-state index in [1.165, 1.54) is 0 Å². The number of aliphatic hydroxyl groups is 1. The zero-order chi connectivity index (χ0) is 13.1. The molecule has 0 aromatic carbocycles. The summed E-state index contributed by atoms with van der Waals surface area (Å²) in [4.78, 5) is 6.43. The molecule has 1 N–H and O–H groups in total. The summed E-state index contributed by atoms with van der Waals surface area (Å²) in [7, 11) is 3.41. The van der Waals surface area contributed by atoms with Crippen LogP contribution in [-0.4, -0.2) is 49.6 Å². The van der Waals surface area contributed by atoms with Gasteiger partial charge in [-0.05, 0) is 19.1 Å². The zero-order valence-electron chi connectivity index (χ0n) is 11.0. The molecule has 0 amide bonds. The average molecular weight is 252 g/mol. The molecule has 18 heavy (non-hydrogen) atoms. The van der Waals surface area contributed by atoms with Gasteiger partial charge in [-0.25, -0.2) is 0 Å². The van der Waals surface area contributed by atoms with Crippen molar-refractivity contribution in [1.29, 1.82) is 0 Å². The molecule has 1 saturated heterocycles. The van der Waals surface area contributed by atoms with Gasteiger partial charge in [0.1, 0.15) is 12.2 Å². The van der Waals surface area contributed by atoms with Crippen molar-refractivity contribution in [2.45, 2.75) is 25.2 Å². The van der Waals surface area contributed by atoms with E-state index in [1.807, 2.05) is 12.1 Å². The highest BCUT2D eigenvalue weighted by molar-refractivity contribution is 5.46. The van der Waals surface area contributed by atoms with Crippen LogP contribution in [0.5, 0.6) is 0 Å². The van der Waals surface area contributed by atoms with Gasteiger partial charge in [0.2, 0.25) is 0 Å². The fraction of sp³-hybridized carbons (Fsp3) is 0.615. The van der Waals surface area contributed by atoms with Crippen LogP contribution in [-0.2, 0) is 9.47 Å². The summed E-state index contributed by atoms with van der Waals surface area (Å²) in [5.41, 5.74) is 1.71. The van der Waals surface area contributed by atoms with Gasteiger partial charge in [-0.3, -0.25) is 4.98 Å². The van der Waals surface area contributed by atoms with Crippen molar-refractivity contribution in [3.8, 4) is 0 Å². The van der Waals surface area contributed by atoms with Gasteiger partial charge in [-0.1, -0.05) is 0 Å². The van der Waals surface area contributed by atoms with Crippen LogP contribution in [0.25, 0.3) is 0 Å². The summed E-state index contributed by atoms with van der Waals surface area (Å²) < 4.78 is 10.8. The van der Waals surface area contributed by atoms with Gasteiger partial charge in [-0.15, -0.1) is 0 Å². The highest BCUT2D eigenvalue weighted by atomic mass is 16.5. The fourth-order valence-electron chi connectivity index (χ4n) is 2.24. The van der Waals surface area contributed by atoms with E-state index in [2.05, 4.69) is 9.88 Å². The van der Waals surface area contributed by atoms with Gasteiger partial charge < -0.3 is 19.5 Å². The van der Waals surface area contributed by atoms with E-state index in [4.69, 9.17) is 9.47 Å². The van der Waals surface area contributed by atoms with Gasteiger partial charge in [0, 0.05) is 27.3 Å². The molecule has 1 aliphatic rings. The zero-order valence-corrected chi connectivity index (χ0v) is 11.0. The van der Waals surface area contributed by atoms with E-state index < -0.39 is 6.10 Å². The van der Waals surface area contributed by atoms with Gasteiger partial charge in [-0.2, -0.15) is 0 Å². The Kier molecular flexibility index (Phi) is 4.16. The molecule has 2 rings (SSSR count). The normalized spacial score (nSPS) is 25.4. The SMILES string of the molecule is COC1CN(c2ccc(C(C)O)nc2)CC1OC. The Morgan fingerprint density at radius 3 is 2.28 bits per heavy atom. The van der Waals surface area contributed by atoms with Gasteiger partial charge in [0.15, 0.2) is 0 Å². The number of pyridine rings is 1. The molecule has 0 spiro atoms. The van der Waals surface area contributed by atoms with Crippen LogP contribution in [0.3, 0.4) is 0 Å². The highest BCUT2D eigenvalue weighted by Crippen LogP contribution is 2.23. The molecule has 0 radical (unpaired) electrons. The number of hydrogen-bond donors (Lipinski definition) is 1. The smallest absolute Gasteiger partial charge is 0.102 e. The Morgan fingerprint density at radius 2 is 1.89 bits per heavy atom. The summed E-state index contributed by atoms with van der Waals surface area (Å²) >= 11 is 0. The molecule has 3 atom stereocenters. The second-order valence-electron chi connectivity index (χ2n) is 4.57. The lowest BCUT2D eigenvalue weighted by molar-refractivity contribution is -0.00461. The highest BCUT2D eigenvalue weighted by Gasteiger charge is 2.33. The maximum atomic E-state index is 9.42. The quantitative estimate of drug-likeness (QED) is 0.866. The molecule has 1 aromatic rings.